The van der Waals surface area contributed by atoms with Crippen molar-refractivity contribution in [3.63, 3.8) is 0 Å². The van der Waals surface area contributed by atoms with Gasteiger partial charge in [-0.25, -0.2) is 4.98 Å². The van der Waals surface area contributed by atoms with Gasteiger partial charge in [0.25, 0.3) is 0 Å². The Labute approximate surface area is 90.4 Å². The highest BCUT2D eigenvalue weighted by Crippen LogP contribution is 2.25. The van der Waals surface area contributed by atoms with Crippen molar-refractivity contribution >= 4 is 27.5 Å². The fourth-order valence-electron chi connectivity index (χ4n) is 0.690. The fourth-order valence-corrected chi connectivity index (χ4v) is 1.42. The Bertz CT molecular complexity index is 348. The summed E-state index contributed by atoms with van der Waals surface area (Å²) in [6.45, 7) is 1.77. The van der Waals surface area contributed by atoms with Crippen LogP contribution >= 0.6 is 27.5 Å². The molecule has 4 heteroatoms. The van der Waals surface area contributed by atoms with E-state index in [1.54, 1.807) is 13.0 Å². The second-order valence-corrected chi connectivity index (χ2v) is 3.66. The van der Waals surface area contributed by atoms with Crippen LogP contribution in [-0.2, 0) is 0 Å². The topological polar surface area (TPSA) is 22.1 Å². The second kappa shape index (κ2) is 4.50. The van der Waals surface area contributed by atoms with Crippen LogP contribution in [0.3, 0.4) is 0 Å². The predicted molar refractivity (Wildman–Crippen MR) is 55.9 cm³/mol. The largest absolute Gasteiger partial charge is 0.461 e. The van der Waals surface area contributed by atoms with Crippen LogP contribution in [0.1, 0.15) is 6.92 Å². The third-order valence-electron chi connectivity index (χ3n) is 1.30. The van der Waals surface area contributed by atoms with Crippen molar-refractivity contribution in [2.24, 2.45) is 0 Å². The van der Waals surface area contributed by atoms with Crippen molar-refractivity contribution < 1.29 is 4.74 Å². The molecule has 0 aromatic carbocycles. The average Bonchev–Trinajstić information content (AvgIpc) is 2.09. The van der Waals surface area contributed by atoms with E-state index in [4.69, 9.17) is 22.8 Å². The van der Waals surface area contributed by atoms with Gasteiger partial charge in [-0.3, -0.25) is 0 Å². The molecule has 1 heterocycles. The van der Waals surface area contributed by atoms with Gasteiger partial charge in [0.2, 0.25) is 5.88 Å². The van der Waals surface area contributed by atoms with Gasteiger partial charge >= 0.3 is 0 Å². The number of pyridine rings is 1. The van der Waals surface area contributed by atoms with Gasteiger partial charge in [0.15, 0.2) is 6.10 Å². The molecule has 68 valence electrons. The molecule has 1 aromatic rings. The quantitative estimate of drug-likeness (QED) is 0.763. The Morgan fingerprint density at radius 1 is 1.77 bits per heavy atom. The number of rotatable bonds is 2. The normalized spacial score (nSPS) is 11.8. The van der Waals surface area contributed by atoms with Crippen LogP contribution in [0.2, 0.25) is 5.02 Å². The lowest BCUT2D eigenvalue weighted by atomic mass is 10.4. The Morgan fingerprint density at radius 2 is 2.46 bits per heavy atom. The first-order chi connectivity index (χ1) is 6.13. The van der Waals surface area contributed by atoms with Crippen LogP contribution < -0.4 is 4.74 Å². The molecule has 0 aliphatic heterocycles. The lowest BCUT2D eigenvalue weighted by molar-refractivity contribution is 0.266. The molecular formula is C9H7BrClNO. The Kier molecular flexibility index (Phi) is 3.58. The van der Waals surface area contributed by atoms with E-state index in [0.29, 0.717) is 15.4 Å². The molecule has 0 amide bonds. The van der Waals surface area contributed by atoms with Crippen molar-refractivity contribution in [1.82, 2.24) is 4.98 Å². The van der Waals surface area contributed by atoms with Gasteiger partial charge in [-0.1, -0.05) is 17.5 Å². The zero-order chi connectivity index (χ0) is 9.84. The lowest BCUT2D eigenvalue weighted by Gasteiger charge is -2.08. The molecule has 1 rings (SSSR count). The Balaban J connectivity index is 2.85. The molecule has 0 saturated carbocycles. The molecule has 2 nitrogen and oxygen atoms in total. The number of halogens is 2. The maximum absolute atomic E-state index is 5.70. The van der Waals surface area contributed by atoms with Gasteiger partial charge in [-0.2, -0.15) is 0 Å². The van der Waals surface area contributed by atoms with Crippen LogP contribution in [0.5, 0.6) is 5.88 Å². The first kappa shape index (κ1) is 10.4. The molecule has 0 bridgehead atoms. The molecule has 13 heavy (non-hydrogen) atoms. The molecule has 0 radical (unpaired) electrons. The summed E-state index contributed by atoms with van der Waals surface area (Å²) in [6.07, 6.45) is 6.36. The average molecular weight is 261 g/mol. The summed E-state index contributed by atoms with van der Waals surface area (Å²) in [5, 5.41) is 0.549. The summed E-state index contributed by atoms with van der Waals surface area (Å²) in [6, 6.07) is 1.70. The number of ether oxygens (including phenoxy) is 1. The summed E-state index contributed by atoms with van der Waals surface area (Å²) in [7, 11) is 0. The minimum atomic E-state index is -0.301. The second-order valence-electron chi connectivity index (χ2n) is 2.37. The first-order valence-electron chi connectivity index (χ1n) is 3.57. The van der Waals surface area contributed by atoms with Crippen LogP contribution in [0.15, 0.2) is 16.7 Å². The number of hydrogen-bond acceptors (Lipinski definition) is 2. The summed E-state index contributed by atoms with van der Waals surface area (Å²) in [5.74, 6) is 2.89. The van der Waals surface area contributed by atoms with E-state index < -0.39 is 0 Å². The standard InChI is InChI=1S/C9H7BrClNO/c1-3-6(2)13-9-8(10)4-7(11)5-12-9/h1,4-6H,2H3. The molecular weight excluding hydrogens is 253 g/mol. The van der Waals surface area contributed by atoms with Gasteiger partial charge in [0.05, 0.1) is 9.50 Å². The van der Waals surface area contributed by atoms with E-state index in [1.165, 1.54) is 6.20 Å². The maximum Gasteiger partial charge on any atom is 0.229 e. The van der Waals surface area contributed by atoms with Crippen molar-refractivity contribution in [3.8, 4) is 18.2 Å². The third-order valence-corrected chi connectivity index (χ3v) is 2.07. The molecule has 0 N–H and O–H groups in total. The summed E-state index contributed by atoms with van der Waals surface area (Å²) < 4.78 is 5.99. The molecule has 1 aromatic heterocycles. The van der Waals surface area contributed by atoms with E-state index in [9.17, 15) is 0 Å². The monoisotopic (exact) mass is 259 g/mol. The van der Waals surface area contributed by atoms with Gasteiger partial charge in [-0.05, 0) is 28.9 Å². The summed E-state index contributed by atoms with van der Waals surface area (Å²) >= 11 is 8.96. The maximum atomic E-state index is 5.70. The molecule has 0 fully saturated rings. The van der Waals surface area contributed by atoms with Crippen molar-refractivity contribution in [2.45, 2.75) is 13.0 Å². The smallest absolute Gasteiger partial charge is 0.229 e. The zero-order valence-corrected chi connectivity index (χ0v) is 9.26. The highest BCUT2D eigenvalue weighted by atomic mass is 79.9. The number of nitrogens with zero attached hydrogens (tertiary/aromatic N) is 1. The van der Waals surface area contributed by atoms with Crippen LogP contribution in [0, 0.1) is 12.3 Å². The van der Waals surface area contributed by atoms with Crippen molar-refractivity contribution in [3.05, 3.63) is 21.8 Å². The molecule has 1 unspecified atom stereocenters. The van der Waals surface area contributed by atoms with E-state index in [2.05, 4.69) is 26.8 Å². The predicted octanol–water partition coefficient (Wildman–Crippen LogP) is 2.90. The van der Waals surface area contributed by atoms with E-state index >= 15 is 0 Å². The fraction of sp³-hybridized carbons (Fsp3) is 0.222. The van der Waals surface area contributed by atoms with Crippen LogP contribution in [0.25, 0.3) is 0 Å². The summed E-state index contributed by atoms with van der Waals surface area (Å²) in [5.41, 5.74) is 0. The first-order valence-corrected chi connectivity index (χ1v) is 4.74. The molecule has 0 aliphatic rings. The van der Waals surface area contributed by atoms with Gasteiger partial charge < -0.3 is 4.74 Å². The zero-order valence-electron chi connectivity index (χ0n) is 6.92. The molecule has 0 aliphatic carbocycles. The van der Waals surface area contributed by atoms with Crippen LogP contribution in [0.4, 0.5) is 0 Å². The van der Waals surface area contributed by atoms with Gasteiger partial charge in [-0.15, -0.1) is 6.42 Å². The van der Waals surface area contributed by atoms with Crippen LogP contribution in [-0.4, -0.2) is 11.1 Å². The van der Waals surface area contributed by atoms with Gasteiger partial charge in [0.1, 0.15) is 0 Å². The molecule has 0 spiro atoms. The molecule has 1 atom stereocenters. The Morgan fingerprint density at radius 3 is 3.00 bits per heavy atom. The van der Waals surface area contributed by atoms with E-state index in [1.807, 2.05) is 0 Å². The Hall–Kier alpha value is -0.720. The minimum absolute atomic E-state index is 0.301. The van der Waals surface area contributed by atoms with E-state index in [0.717, 1.165) is 0 Å². The SMILES string of the molecule is C#CC(C)Oc1ncc(Cl)cc1Br. The molecule has 0 saturated heterocycles. The third kappa shape index (κ3) is 2.91. The number of terminal acetylenes is 1. The summed E-state index contributed by atoms with van der Waals surface area (Å²) in [4.78, 5) is 3.97. The highest BCUT2D eigenvalue weighted by molar-refractivity contribution is 9.10. The van der Waals surface area contributed by atoms with Crippen molar-refractivity contribution in [1.29, 1.82) is 0 Å². The highest BCUT2D eigenvalue weighted by Gasteiger charge is 2.06. The lowest BCUT2D eigenvalue weighted by Crippen LogP contribution is -2.09. The minimum Gasteiger partial charge on any atom is -0.461 e. The number of aromatic nitrogens is 1. The number of hydrogen-bond donors (Lipinski definition) is 0. The van der Waals surface area contributed by atoms with Crippen molar-refractivity contribution in [2.75, 3.05) is 0 Å². The van der Waals surface area contributed by atoms with Gasteiger partial charge in [0, 0.05) is 6.20 Å². The van der Waals surface area contributed by atoms with E-state index in [-0.39, 0.29) is 6.10 Å².